The predicted molar refractivity (Wildman–Crippen MR) is 71.0 cm³/mol. The molecule has 1 aliphatic rings. The molecular formula is C13H17N3O4. The Bertz CT molecular complexity index is 530. The molecule has 4 N–H and O–H groups in total. The van der Waals surface area contributed by atoms with Crippen LogP contribution >= 0.6 is 0 Å². The van der Waals surface area contributed by atoms with Crippen LogP contribution < -0.4 is 26.1 Å². The SMILES string of the molecule is CC(C)C(NC(=O)c1ccc2c(c1)OCO2)C(=O)NN. The molecule has 2 amide bonds. The van der Waals surface area contributed by atoms with Gasteiger partial charge in [0.15, 0.2) is 11.5 Å². The van der Waals surface area contributed by atoms with E-state index in [-0.39, 0.29) is 18.6 Å². The van der Waals surface area contributed by atoms with E-state index < -0.39 is 11.9 Å². The Morgan fingerprint density at radius 1 is 1.25 bits per heavy atom. The second kappa shape index (κ2) is 5.79. The Hall–Kier alpha value is -2.28. The van der Waals surface area contributed by atoms with Gasteiger partial charge in [0.05, 0.1) is 0 Å². The molecule has 0 aliphatic carbocycles. The van der Waals surface area contributed by atoms with Gasteiger partial charge in [-0.25, -0.2) is 5.84 Å². The third-order valence-electron chi connectivity index (χ3n) is 3.01. The maximum atomic E-state index is 12.2. The molecule has 0 bridgehead atoms. The van der Waals surface area contributed by atoms with Crippen molar-refractivity contribution in [3.05, 3.63) is 23.8 Å². The van der Waals surface area contributed by atoms with Crippen molar-refractivity contribution in [1.82, 2.24) is 10.7 Å². The van der Waals surface area contributed by atoms with Gasteiger partial charge in [-0.05, 0) is 24.1 Å². The van der Waals surface area contributed by atoms with E-state index in [1.165, 1.54) is 0 Å². The number of ether oxygens (including phenoxy) is 2. The molecule has 108 valence electrons. The molecule has 1 heterocycles. The standard InChI is InChI=1S/C13H17N3O4/c1-7(2)11(13(18)16-14)15-12(17)8-3-4-9-10(5-8)20-6-19-9/h3-5,7,11H,6,14H2,1-2H3,(H,15,17)(H,16,18). The molecule has 7 heteroatoms. The van der Waals surface area contributed by atoms with Gasteiger partial charge in [0.1, 0.15) is 6.04 Å². The molecule has 2 rings (SSSR count). The van der Waals surface area contributed by atoms with E-state index in [9.17, 15) is 9.59 Å². The molecule has 1 aromatic carbocycles. The minimum absolute atomic E-state index is 0.0866. The number of fused-ring (bicyclic) bond motifs is 1. The van der Waals surface area contributed by atoms with Gasteiger partial charge in [-0.1, -0.05) is 13.8 Å². The Labute approximate surface area is 116 Å². The molecule has 1 aliphatic heterocycles. The van der Waals surface area contributed by atoms with Gasteiger partial charge < -0.3 is 14.8 Å². The first-order valence-corrected chi connectivity index (χ1v) is 6.24. The van der Waals surface area contributed by atoms with Crippen LogP contribution in [0.4, 0.5) is 0 Å². The zero-order chi connectivity index (χ0) is 14.7. The largest absolute Gasteiger partial charge is 0.454 e. The lowest BCUT2D eigenvalue weighted by molar-refractivity contribution is -0.124. The molecule has 0 fully saturated rings. The Morgan fingerprint density at radius 3 is 2.60 bits per heavy atom. The molecule has 0 aromatic heterocycles. The van der Waals surface area contributed by atoms with Crippen molar-refractivity contribution in [1.29, 1.82) is 0 Å². The molecule has 1 atom stereocenters. The fourth-order valence-corrected chi connectivity index (χ4v) is 1.89. The molecular weight excluding hydrogens is 262 g/mol. The first kappa shape index (κ1) is 14.1. The normalized spacial score (nSPS) is 14.0. The zero-order valence-electron chi connectivity index (χ0n) is 11.3. The number of carbonyl (C=O) groups is 2. The van der Waals surface area contributed by atoms with E-state index in [4.69, 9.17) is 15.3 Å². The molecule has 0 saturated carbocycles. The van der Waals surface area contributed by atoms with Crippen LogP contribution in [0.1, 0.15) is 24.2 Å². The van der Waals surface area contributed by atoms with Gasteiger partial charge in [-0.3, -0.25) is 15.0 Å². The highest BCUT2D eigenvalue weighted by Crippen LogP contribution is 2.32. The average molecular weight is 279 g/mol. The minimum Gasteiger partial charge on any atom is -0.454 e. The second-order valence-electron chi connectivity index (χ2n) is 4.77. The van der Waals surface area contributed by atoms with Gasteiger partial charge >= 0.3 is 0 Å². The van der Waals surface area contributed by atoms with Crippen LogP contribution in [-0.2, 0) is 4.79 Å². The summed E-state index contributed by atoms with van der Waals surface area (Å²) in [4.78, 5) is 23.8. The van der Waals surface area contributed by atoms with Crippen LogP contribution in [0.3, 0.4) is 0 Å². The molecule has 0 saturated heterocycles. The van der Waals surface area contributed by atoms with Crippen molar-refractivity contribution in [2.24, 2.45) is 11.8 Å². The van der Waals surface area contributed by atoms with Crippen molar-refractivity contribution in [3.8, 4) is 11.5 Å². The Balaban J connectivity index is 2.12. The summed E-state index contributed by atoms with van der Waals surface area (Å²) in [6, 6.07) is 4.15. The first-order chi connectivity index (χ1) is 9.52. The average Bonchev–Trinajstić information content (AvgIpc) is 2.90. The fourth-order valence-electron chi connectivity index (χ4n) is 1.89. The monoisotopic (exact) mass is 279 g/mol. The molecule has 1 unspecified atom stereocenters. The van der Waals surface area contributed by atoms with E-state index in [1.54, 1.807) is 18.2 Å². The quantitative estimate of drug-likeness (QED) is 0.414. The van der Waals surface area contributed by atoms with E-state index in [0.29, 0.717) is 17.1 Å². The number of nitrogens with one attached hydrogen (secondary N) is 2. The summed E-state index contributed by atoms with van der Waals surface area (Å²) >= 11 is 0. The van der Waals surface area contributed by atoms with E-state index in [0.717, 1.165) is 0 Å². The number of hydrazine groups is 1. The van der Waals surface area contributed by atoms with Crippen LogP contribution in [0.25, 0.3) is 0 Å². The number of hydrogen-bond donors (Lipinski definition) is 3. The zero-order valence-corrected chi connectivity index (χ0v) is 11.3. The summed E-state index contributed by atoms with van der Waals surface area (Å²) in [6.07, 6.45) is 0. The summed E-state index contributed by atoms with van der Waals surface area (Å²) in [5.74, 6) is 5.33. The van der Waals surface area contributed by atoms with Crippen LogP contribution in [-0.4, -0.2) is 24.6 Å². The highest BCUT2D eigenvalue weighted by molar-refractivity contribution is 5.98. The third-order valence-corrected chi connectivity index (χ3v) is 3.01. The highest BCUT2D eigenvalue weighted by Gasteiger charge is 2.25. The summed E-state index contributed by atoms with van der Waals surface area (Å²) < 4.78 is 10.4. The van der Waals surface area contributed by atoms with Crippen LogP contribution in [0.5, 0.6) is 11.5 Å². The number of rotatable bonds is 4. The summed E-state index contributed by atoms with van der Waals surface area (Å²) in [7, 11) is 0. The van der Waals surface area contributed by atoms with Crippen LogP contribution in [0.2, 0.25) is 0 Å². The smallest absolute Gasteiger partial charge is 0.256 e. The van der Waals surface area contributed by atoms with Crippen molar-refractivity contribution < 1.29 is 19.1 Å². The number of benzene rings is 1. The minimum atomic E-state index is -0.696. The van der Waals surface area contributed by atoms with Crippen LogP contribution in [0, 0.1) is 5.92 Å². The number of carbonyl (C=O) groups excluding carboxylic acids is 2. The third kappa shape index (κ3) is 2.83. The van der Waals surface area contributed by atoms with Crippen molar-refractivity contribution in [2.45, 2.75) is 19.9 Å². The van der Waals surface area contributed by atoms with Crippen LogP contribution in [0.15, 0.2) is 18.2 Å². The lowest BCUT2D eigenvalue weighted by Crippen LogP contribution is -2.51. The lowest BCUT2D eigenvalue weighted by atomic mass is 10.0. The van der Waals surface area contributed by atoms with E-state index in [2.05, 4.69) is 5.32 Å². The number of hydrogen-bond acceptors (Lipinski definition) is 5. The summed E-state index contributed by atoms with van der Waals surface area (Å²) in [5.41, 5.74) is 2.44. The predicted octanol–water partition coefficient (Wildman–Crippen LogP) is 0.160. The molecule has 0 radical (unpaired) electrons. The van der Waals surface area contributed by atoms with Gasteiger partial charge in [-0.2, -0.15) is 0 Å². The highest BCUT2D eigenvalue weighted by atomic mass is 16.7. The molecule has 1 aromatic rings. The fraction of sp³-hybridized carbons (Fsp3) is 0.385. The Kier molecular flexibility index (Phi) is 4.09. The molecule has 0 spiro atoms. The first-order valence-electron chi connectivity index (χ1n) is 6.24. The van der Waals surface area contributed by atoms with E-state index in [1.807, 2.05) is 19.3 Å². The maximum Gasteiger partial charge on any atom is 0.256 e. The van der Waals surface area contributed by atoms with Gasteiger partial charge in [0, 0.05) is 5.56 Å². The number of amides is 2. The van der Waals surface area contributed by atoms with Gasteiger partial charge in [0.2, 0.25) is 6.79 Å². The molecule has 20 heavy (non-hydrogen) atoms. The Morgan fingerprint density at radius 2 is 1.95 bits per heavy atom. The van der Waals surface area contributed by atoms with Crippen molar-refractivity contribution in [2.75, 3.05) is 6.79 Å². The summed E-state index contributed by atoms with van der Waals surface area (Å²) in [6.45, 7) is 3.78. The maximum absolute atomic E-state index is 12.2. The second-order valence-corrected chi connectivity index (χ2v) is 4.77. The lowest BCUT2D eigenvalue weighted by Gasteiger charge is -2.20. The summed E-state index contributed by atoms with van der Waals surface area (Å²) in [5, 5.41) is 2.65. The van der Waals surface area contributed by atoms with Crippen molar-refractivity contribution >= 4 is 11.8 Å². The topological polar surface area (TPSA) is 103 Å². The van der Waals surface area contributed by atoms with Gasteiger partial charge in [0.25, 0.3) is 11.8 Å². The van der Waals surface area contributed by atoms with Gasteiger partial charge in [-0.15, -0.1) is 0 Å². The number of nitrogens with two attached hydrogens (primary N) is 1. The molecule has 7 nitrogen and oxygen atoms in total. The van der Waals surface area contributed by atoms with E-state index >= 15 is 0 Å². The van der Waals surface area contributed by atoms with Crippen molar-refractivity contribution in [3.63, 3.8) is 0 Å².